The smallest absolute Gasteiger partial charge is 0.318 e. The van der Waals surface area contributed by atoms with Crippen molar-refractivity contribution < 1.29 is 18.0 Å². The Morgan fingerprint density at radius 3 is 2.71 bits per heavy atom. The van der Waals surface area contributed by atoms with E-state index in [1.165, 1.54) is 18.9 Å². The van der Waals surface area contributed by atoms with E-state index in [0.29, 0.717) is 12.6 Å². The molecule has 1 aromatic rings. The number of benzene rings is 1. The molecule has 0 bridgehead atoms. The predicted octanol–water partition coefficient (Wildman–Crippen LogP) is 3.47. The lowest BCUT2D eigenvalue weighted by Gasteiger charge is -2.14. The van der Waals surface area contributed by atoms with E-state index in [4.69, 9.17) is 0 Å². The number of hydrogen-bond donors (Lipinski definition) is 2. The van der Waals surface area contributed by atoms with E-state index in [9.17, 15) is 18.0 Å². The SMILES string of the molecule is CC(CC1CC1)NCc1cccc(NC(=O)C(F)(F)F)c1. The van der Waals surface area contributed by atoms with E-state index >= 15 is 0 Å². The van der Waals surface area contributed by atoms with Crippen LogP contribution in [0.5, 0.6) is 0 Å². The molecule has 1 aliphatic rings. The number of nitrogens with one attached hydrogen (secondary N) is 2. The molecule has 0 radical (unpaired) electrons. The summed E-state index contributed by atoms with van der Waals surface area (Å²) >= 11 is 0. The Labute approximate surface area is 121 Å². The van der Waals surface area contributed by atoms with Gasteiger partial charge in [0.1, 0.15) is 0 Å². The highest BCUT2D eigenvalue weighted by molar-refractivity contribution is 5.94. The van der Waals surface area contributed by atoms with Crippen LogP contribution in [0.4, 0.5) is 18.9 Å². The number of alkyl halides is 3. The van der Waals surface area contributed by atoms with Crippen molar-refractivity contribution in [3.8, 4) is 0 Å². The first-order chi connectivity index (χ1) is 9.84. The molecule has 1 fully saturated rings. The number of carbonyl (C=O) groups excluding carboxylic acids is 1. The van der Waals surface area contributed by atoms with Crippen molar-refractivity contribution in [3.63, 3.8) is 0 Å². The maximum Gasteiger partial charge on any atom is 0.471 e. The molecule has 3 nitrogen and oxygen atoms in total. The monoisotopic (exact) mass is 300 g/mol. The largest absolute Gasteiger partial charge is 0.471 e. The molecule has 1 aliphatic carbocycles. The van der Waals surface area contributed by atoms with E-state index in [-0.39, 0.29) is 5.69 Å². The molecule has 0 aromatic heterocycles. The minimum atomic E-state index is -4.87. The summed E-state index contributed by atoms with van der Waals surface area (Å²) in [6.07, 6.45) is -1.15. The van der Waals surface area contributed by atoms with Gasteiger partial charge >= 0.3 is 12.1 Å². The summed E-state index contributed by atoms with van der Waals surface area (Å²) < 4.78 is 36.6. The second-order valence-corrected chi connectivity index (χ2v) is 5.61. The van der Waals surface area contributed by atoms with E-state index in [1.807, 2.05) is 11.4 Å². The number of hydrogen-bond acceptors (Lipinski definition) is 2. The van der Waals surface area contributed by atoms with Crippen LogP contribution in [0.2, 0.25) is 0 Å². The van der Waals surface area contributed by atoms with Crippen molar-refractivity contribution >= 4 is 11.6 Å². The molecule has 6 heteroatoms. The quantitative estimate of drug-likeness (QED) is 0.844. The first kappa shape index (κ1) is 15.8. The molecular weight excluding hydrogens is 281 g/mol. The second-order valence-electron chi connectivity index (χ2n) is 5.61. The van der Waals surface area contributed by atoms with Crippen LogP contribution >= 0.6 is 0 Å². The lowest BCUT2D eigenvalue weighted by Crippen LogP contribution is -2.30. The standard InChI is InChI=1S/C15H19F3N2O/c1-10(7-11-5-6-11)19-9-12-3-2-4-13(8-12)20-14(21)15(16,17)18/h2-4,8,10-11,19H,5-7,9H2,1H3,(H,20,21). The Morgan fingerprint density at radius 2 is 2.10 bits per heavy atom. The maximum absolute atomic E-state index is 12.2. The van der Waals surface area contributed by atoms with Gasteiger partial charge in [-0.2, -0.15) is 13.2 Å². The Balaban J connectivity index is 1.86. The van der Waals surface area contributed by atoms with Gasteiger partial charge in [-0.3, -0.25) is 4.79 Å². The predicted molar refractivity (Wildman–Crippen MR) is 74.8 cm³/mol. The Morgan fingerprint density at radius 1 is 1.38 bits per heavy atom. The molecule has 116 valence electrons. The van der Waals surface area contributed by atoms with E-state index < -0.39 is 12.1 Å². The number of carbonyl (C=O) groups is 1. The summed E-state index contributed by atoms with van der Waals surface area (Å²) in [5.41, 5.74) is 1.00. The van der Waals surface area contributed by atoms with Crippen LogP contribution in [0.15, 0.2) is 24.3 Å². The van der Waals surface area contributed by atoms with Crippen LogP contribution < -0.4 is 10.6 Å². The summed E-state index contributed by atoms with van der Waals surface area (Å²) in [6.45, 7) is 2.68. The van der Waals surface area contributed by atoms with Crippen molar-refractivity contribution in [2.75, 3.05) is 5.32 Å². The minimum Gasteiger partial charge on any atom is -0.318 e. The third-order valence-corrected chi connectivity index (χ3v) is 3.48. The molecule has 0 spiro atoms. The summed E-state index contributed by atoms with van der Waals surface area (Å²) in [6, 6.07) is 6.83. The molecule has 0 saturated heterocycles. The highest BCUT2D eigenvalue weighted by Crippen LogP contribution is 2.33. The third-order valence-electron chi connectivity index (χ3n) is 3.48. The fraction of sp³-hybridized carbons (Fsp3) is 0.533. The maximum atomic E-state index is 12.2. The van der Waals surface area contributed by atoms with E-state index in [1.54, 1.807) is 12.1 Å². The van der Waals surface area contributed by atoms with E-state index in [0.717, 1.165) is 17.9 Å². The van der Waals surface area contributed by atoms with Gasteiger partial charge in [-0.1, -0.05) is 25.0 Å². The molecule has 0 heterocycles. The summed E-state index contributed by atoms with van der Waals surface area (Å²) in [4.78, 5) is 10.9. The normalized spacial score (nSPS) is 16.6. The van der Waals surface area contributed by atoms with Crippen molar-refractivity contribution in [2.45, 2.75) is 44.9 Å². The lowest BCUT2D eigenvalue weighted by molar-refractivity contribution is -0.167. The number of rotatable bonds is 6. The molecule has 21 heavy (non-hydrogen) atoms. The average Bonchev–Trinajstić information content (AvgIpc) is 3.19. The first-order valence-electron chi connectivity index (χ1n) is 7.05. The van der Waals surface area contributed by atoms with Crippen molar-refractivity contribution in [1.82, 2.24) is 5.32 Å². The highest BCUT2D eigenvalue weighted by Gasteiger charge is 2.38. The van der Waals surface area contributed by atoms with Crippen LogP contribution in [0.1, 0.15) is 31.7 Å². The molecule has 1 saturated carbocycles. The highest BCUT2D eigenvalue weighted by atomic mass is 19.4. The zero-order valence-electron chi connectivity index (χ0n) is 11.8. The average molecular weight is 300 g/mol. The molecule has 1 unspecified atom stereocenters. The van der Waals surface area contributed by atoms with Gasteiger partial charge in [0, 0.05) is 18.3 Å². The zero-order valence-corrected chi connectivity index (χ0v) is 11.8. The lowest BCUT2D eigenvalue weighted by atomic mass is 10.1. The number of amides is 1. The summed E-state index contributed by atoms with van der Waals surface area (Å²) in [5, 5.41) is 5.21. The van der Waals surface area contributed by atoms with Gasteiger partial charge in [-0.05, 0) is 37.0 Å². The van der Waals surface area contributed by atoms with Gasteiger partial charge < -0.3 is 10.6 Å². The van der Waals surface area contributed by atoms with Crippen LogP contribution in [0.25, 0.3) is 0 Å². The summed E-state index contributed by atoms with van der Waals surface area (Å²) in [5.74, 6) is -1.13. The van der Waals surface area contributed by atoms with Gasteiger partial charge in [0.2, 0.25) is 0 Å². The van der Waals surface area contributed by atoms with Crippen molar-refractivity contribution in [1.29, 1.82) is 0 Å². The zero-order chi connectivity index (χ0) is 15.5. The van der Waals surface area contributed by atoms with Gasteiger partial charge in [-0.15, -0.1) is 0 Å². The van der Waals surface area contributed by atoms with E-state index in [2.05, 4.69) is 12.2 Å². The van der Waals surface area contributed by atoms with Gasteiger partial charge in [-0.25, -0.2) is 0 Å². The van der Waals surface area contributed by atoms with Gasteiger partial charge in [0.05, 0.1) is 0 Å². The molecule has 2 N–H and O–H groups in total. The molecule has 1 aromatic carbocycles. The number of anilines is 1. The molecular formula is C15H19F3N2O. The minimum absolute atomic E-state index is 0.159. The van der Waals surface area contributed by atoms with Gasteiger partial charge in [0.25, 0.3) is 0 Å². The molecule has 1 atom stereocenters. The fourth-order valence-electron chi connectivity index (χ4n) is 2.19. The Kier molecular flexibility index (Phi) is 4.88. The van der Waals surface area contributed by atoms with Crippen LogP contribution in [-0.4, -0.2) is 18.1 Å². The number of halogens is 3. The Bertz CT molecular complexity index is 498. The fourth-order valence-corrected chi connectivity index (χ4v) is 2.19. The topological polar surface area (TPSA) is 41.1 Å². The molecule has 0 aliphatic heterocycles. The van der Waals surface area contributed by atoms with Gasteiger partial charge in [0.15, 0.2) is 0 Å². The Hall–Kier alpha value is -1.56. The third kappa shape index (κ3) is 5.38. The van der Waals surface area contributed by atoms with Crippen molar-refractivity contribution in [2.24, 2.45) is 5.92 Å². The van der Waals surface area contributed by atoms with Crippen LogP contribution in [0, 0.1) is 5.92 Å². The molecule has 2 rings (SSSR count). The first-order valence-corrected chi connectivity index (χ1v) is 7.05. The second kappa shape index (κ2) is 6.47. The van der Waals surface area contributed by atoms with Crippen LogP contribution in [-0.2, 0) is 11.3 Å². The van der Waals surface area contributed by atoms with Crippen molar-refractivity contribution in [3.05, 3.63) is 29.8 Å². The van der Waals surface area contributed by atoms with Crippen LogP contribution in [0.3, 0.4) is 0 Å². The molecule has 1 amide bonds. The summed E-state index contributed by atoms with van der Waals surface area (Å²) in [7, 11) is 0.